The molecule has 2 rings (SSSR count). The Morgan fingerprint density at radius 3 is 3.20 bits per heavy atom. The summed E-state index contributed by atoms with van der Waals surface area (Å²) in [6.07, 6.45) is 1.55. The van der Waals surface area contributed by atoms with Gasteiger partial charge in [-0.15, -0.1) is 0 Å². The van der Waals surface area contributed by atoms with Gasteiger partial charge in [0.1, 0.15) is 0 Å². The lowest BCUT2D eigenvalue weighted by atomic mass is 10.2. The van der Waals surface area contributed by atoms with E-state index in [4.69, 9.17) is 4.52 Å². The number of aromatic nitrogens is 3. The van der Waals surface area contributed by atoms with Crippen LogP contribution < -0.4 is 10.9 Å². The number of nitrogens with zero attached hydrogens (tertiary/aromatic N) is 2. The van der Waals surface area contributed by atoms with Gasteiger partial charge in [0.05, 0.1) is 6.54 Å². The van der Waals surface area contributed by atoms with Crippen LogP contribution in [0.3, 0.4) is 0 Å². The van der Waals surface area contributed by atoms with Crippen molar-refractivity contribution in [1.82, 2.24) is 20.4 Å². The lowest BCUT2D eigenvalue weighted by Crippen LogP contribution is -2.05. The van der Waals surface area contributed by atoms with Gasteiger partial charge in [0.2, 0.25) is 17.3 Å². The minimum absolute atomic E-state index is 0.188. The summed E-state index contributed by atoms with van der Waals surface area (Å²) in [4.78, 5) is 17.7. The summed E-state index contributed by atoms with van der Waals surface area (Å²) in [6.45, 7) is 0.510. The van der Waals surface area contributed by atoms with Gasteiger partial charge in [-0.3, -0.25) is 4.79 Å². The highest BCUT2D eigenvalue weighted by molar-refractivity contribution is 5.52. The molecule has 2 N–H and O–H groups in total. The second-order valence-electron chi connectivity index (χ2n) is 2.98. The molecule has 2 aromatic rings. The second kappa shape index (κ2) is 4.05. The summed E-state index contributed by atoms with van der Waals surface area (Å²) in [7, 11) is 1.79. The fourth-order valence-corrected chi connectivity index (χ4v) is 1.18. The summed E-state index contributed by atoms with van der Waals surface area (Å²) in [5, 5.41) is 6.66. The molecule has 78 valence electrons. The van der Waals surface area contributed by atoms with Crippen LogP contribution in [0, 0.1) is 0 Å². The van der Waals surface area contributed by atoms with Crippen molar-refractivity contribution in [2.24, 2.45) is 0 Å². The third-order valence-corrected chi connectivity index (χ3v) is 1.83. The van der Waals surface area contributed by atoms with Gasteiger partial charge in [-0.05, 0) is 13.1 Å². The van der Waals surface area contributed by atoms with Gasteiger partial charge in [-0.25, -0.2) is 0 Å². The number of hydrogen-bond donors (Lipinski definition) is 2. The largest absolute Gasteiger partial charge is 0.338 e. The Bertz CT molecular complexity index is 503. The van der Waals surface area contributed by atoms with E-state index in [-0.39, 0.29) is 5.56 Å². The van der Waals surface area contributed by atoms with Gasteiger partial charge < -0.3 is 14.8 Å². The number of hydrogen-bond acceptors (Lipinski definition) is 5. The van der Waals surface area contributed by atoms with Crippen molar-refractivity contribution in [3.05, 3.63) is 34.6 Å². The van der Waals surface area contributed by atoms with Crippen LogP contribution in [0.2, 0.25) is 0 Å². The highest BCUT2D eigenvalue weighted by Gasteiger charge is 2.07. The van der Waals surface area contributed by atoms with Crippen LogP contribution in [0.15, 0.2) is 27.6 Å². The molecule has 0 aliphatic heterocycles. The molecule has 0 fully saturated rings. The lowest BCUT2D eigenvalue weighted by Gasteiger charge is -1.90. The first kappa shape index (κ1) is 9.60. The van der Waals surface area contributed by atoms with E-state index < -0.39 is 0 Å². The molecule has 0 radical (unpaired) electrons. The highest BCUT2D eigenvalue weighted by atomic mass is 16.5. The number of aromatic amines is 1. The maximum Gasteiger partial charge on any atom is 0.248 e. The third-order valence-electron chi connectivity index (χ3n) is 1.83. The van der Waals surface area contributed by atoms with Crippen LogP contribution in [-0.2, 0) is 6.54 Å². The molecule has 2 heterocycles. The van der Waals surface area contributed by atoms with E-state index in [1.54, 1.807) is 19.3 Å². The van der Waals surface area contributed by atoms with Crippen LogP contribution in [0.1, 0.15) is 5.89 Å². The molecule has 6 heteroatoms. The molecule has 0 unspecified atom stereocenters. The number of H-pyrrole nitrogens is 1. The molecular weight excluding hydrogens is 196 g/mol. The zero-order valence-electron chi connectivity index (χ0n) is 8.15. The van der Waals surface area contributed by atoms with Crippen molar-refractivity contribution >= 4 is 0 Å². The number of nitrogens with one attached hydrogen (secondary N) is 2. The molecular formula is C9H10N4O2. The fraction of sp³-hybridized carbons (Fsp3) is 0.222. The van der Waals surface area contributed by atoms with Crippen molar-refractivity contribution in [1.29, 1.82) is 0 Å². The molecule has 15 heavy (non-hydrogen) atoms. The Morgan fingerprint density at radius 2 is 2.47 bits per heavy atom. The first-order valence-corrected chi connectivity index (χ1v) is 4.46. The van der Waals surface area contributed by atoms with E-state index in [1.807, 2.05) is 0 Å². The van der Waals surface area contributed by atoms with Gasteiger partial charge >= 0.3 is 0 Å². The molecule has 6 nitrogen and oxygen atoms in total. The van der Waals surface area contributed by atoms with Crippen LogP contribution in [-0.4, -0.2) is 22.2 Å². The van der Waals surface area contributed by atoms with Crippen LogP contribution in [0.25, 0.3) is 11.4 Å². The maximum atomic E-state index is 11.0. The summed E-state index contributed by atoms with van der Waals surface area (Å²) in [5.41, 5.74) is 0.456. The van der Waals surface area contributed by atoms with Crippen molar-refractivity contribution in [2.45, 2.75) is 6.54 Å². The summed E-state index contributed by atoms with van der Waals surface area (Å²) >= 11 is 0. The predicted octanol–water partition coefficient (Wildman–Crippen LogP) is 0.144. The summed E-state index contributed by atoms with van der Waals surface area (Å²) in [6, 6.07) is 3.14. The van der Waals surface area contributed by atoms with E-state index in [1.165, 1.54) is 6.07 Å². The Kier molecular flexibility index (Phi) is 2.59. The van der Waals surface area contributed by atoms with E-state index >= 15 is 0 Å². The quantitative estimate of drug-likeness (QED) is 0.746. The van der Waals surface area contributed by atoms with E-state index in [0.29, 0.717) is 23.8 Å². The molecule has 0 saturated carbocycles. The lowest BCUT2D eigenvalue weighted by molar-refractivity contribution is 0.372. The van der Waals surface area contributed by atoms with Crippen molar-refractivity contribution in [3.63, 3.8) is 0 Å². The average Bonchev–Trinajstić information content (AvgIpc) is 2.67. The van der Waals surface area contributed by atoms with Gasteiger partial charge in [0.25, 0.3) is 0 Å². The van der Waals surface area contributed by atoms with Gasteiger partial charge in [-0.1, -0.05) is 5.16 Å². The van der Waals surface area contributed by atoms with E-state index in [2.05, 4.69) is 20.4 Å². The molecule has 0 spiro atoms. The minimum Gasteiger partial charge on any atom is -0.338 e. The molecule has 2 aromatic heterocycles. The standard InChI is InChI=1S/C9H10N4O2/c1-10-5-8-12-9(13-15-8)6-2-3-11-7(14)4-6/h2-4,10H,5H2,1H3,(H,11,14). The Balaban J connectivity index is 2.33. The highest BCUT2D eigenvalue weighted by Crippen LogP contribution is 2.12. The van der Waals surface area contributed by atoms with E-state index in [9.17, 15) is 4.79 Å². The van der Waals surface area contributed by atoms with Gasteiger partial charge in [0.15, 0.2) is 0 Å². The van der Waals surface area contributed by atoms with Gasteiger partial charge in [0, 0.05) is 17.8 Å². The van der Waals surface area contributed by atoms with Crippen LogP contribution in [0.4, 0.5) is 0 Å². The molecule has 0 aliphatic carbocycles. The molecule has 0 bridgehead atoms. The first-order chi connectivity index (χ1) is 7.29. The normalized spacial score (nSPS) is 10.5. The summed E-state index contributed by atoms with van der Waals surface area (Å²) in [5.74, 6) is 0.916. The van der Waals surface area contributed by atoms with E-state index in [0.717, 1.165) is 0 Å². The topological polar surface area (TPSA) is 83.8 Å². The second-order valence-corrected chi connectivity index (χ2v) is 2.98. The molecule has 0 atom stereocenters. The molecule has 0 aromatic carbocycles. The van der Waals surface area contributed by atoms with Crippen LogP contribution >= 0.6 is 0 Å². The third kappa shape index (κ3) is 2.10. The van der Waals surface area contributed by atoms with Crippen molar-refractivity contribution in [2.75, 3.05) is 7.05 Å². The number of pyridine rings is 1. The Hall–Kier alpha value is -1.95. The average molecular weight is 206 g/mol. The summed E-state index contributed by atoms with van der Waals surface area (Å²) < 4.78 is 4.96. The van der Waals surface area contributed by atoms with Crippen LogP contribution in [0.5, 0.6) is 0 Å². The Labute approximate surface area is 85.3 Å². The van der Waals surface area contributed by atoms with Gasteiger partial charge in [-0.2, -0.15) is 4.98 Å². The predicted molar refractivity (Wildman–Crippen MR) is 53.1 cm³/mol. The van der Waals surface area contributed by atoms with Crippen molar-refractivity contribution in [3.8, 4) is 11.4 Å². The zero-order valence-corrected chi connectivity index (χ0v) is 8.15. The minimum atomic E-state index is -0.188. The smallest absolute Gasteiger partial charge is 0.248 e. The molecule has 0 aliphatic rings. The van der Waals surface area contributed by atoms with Crippen molar-refractivity contribution < 1.29 is 4.52 Å². The monoisotopic (exact) mass is 206 g/mol. The zero-order chi connectivity index (χ0) is 10.7. The molecule has 0 saturated heterocycles. The fourth-order valence-electron chi connectivity index (χ4n) is 1.18. The maximum absolute atomic E-state index is 11.0. The SMILES string of the molecule is CNCc1nc(-c2cc[nH]c(=O)c2)no1. The molecule has 0 amide bonds. The Morgan fingerprint density at radius 1 is 1.60 bits per heavy atom. The number of rotatable bonds is 3. The first-order valence-electron chi connectivity index (χ1n) is 4.46.